The number of nitrogen functional groups attached to an aromatic ring is 1. The van der Waals surface area contributed by atoms with Crippen molar-refractivity contribution in [3.8, 4) is 5.75 Å². The van der Waals surface area contributed by atoms with Gasteiger partial charge in [0, 0.05) is 0 Å². The summed E-state index contributed by atoms with van der Waals surface area (Å²) < 4.78 is 0. The highest BCUT2D eigenvalue weighted by molar-refractivity contribution is 5.57. The first-order valence-corrected chi connectivity index (χ1v) is 8.30. The minimum absolute atomic E-state index is 0.116. The number of aliphatic hydroxyl groups excluding tert-OH is 1. The van der Waals surface area contributed by atoms with Gasteiger partial charge in [-0.2, -0.15) is 0 Å². The molecular formula is C18H25NO2. The Hall–Kier alpha value is -1.22. The van der Waals surface area contributed by atoms with Gasteiger partial charge in [-0.3, -0.25) is 0 Å². The number of phenols is 1. The van der Waals surface area contributed by atoms with Crippen LogP contribution in [0, 0.1) is 17.3 Å². The van der Waals surface area contributed by atoms with Crippen molar-refractivity contribution in [3.05, 3.63) is 23.3 Å². The second-order valence-electron chi connectivity index (χ2n) is 7.66. The molecule has 1 aromatic rings. The molecule has 3 aliphatic rings. The van der Waals surface area contributed by atoms with E-state index in [4.69, 9.17) is 5.73 Å². The van der Waals surface area contributed by atoms with Gasteiger partial charge in [0.15, 0.2) is 0 Å². The van der Waals surface area contributed by atoms with Crippen LogP contribution in [0.25, 0.3) is 0 Å². The number of aromatic hydroxyl groups is 1. The predicted octanol–water partition coefficient (Wildman–Crippen LogP) is 3.19. The molecule has 4 N–H and O–H groups in total. The van der Waals surface area contributed by atoms with Gasteiger partial charge in [0.05, 0.1) is 11.8 Å². The number of rotatable bonds is 0. The molecule has 0 radical (unpaired) electrons. The van der Waals surface area contributed by atoms with E-state index in [-0.39, 0.29) is 17.3 Å². The molecule has 4 rings (SSSR count). The number of benzene rings is 1. The number of anilines is 1. The van der Waals surface area contributed by atoms with Gasteiger partial charge in [0.2, 0.25) is 0 Å². The van der Waals surface area contributed by atoms with Crippen molar-refractivity contribution in [2.75, 3.05) is 5.73 Å². The fourth-order valence-corrected chi connectivity index (χ4v) is 5.60. The Labute approximate surface area is 126 Å². The number of nitrogens with two attached hydrogens (primary N) is 1. The Morgan fingerprint density at radius 1 is 1.19 bits per heavy atom. The molecule has 1 aromatic carbocycles. The lowest BCUT2D eigenvalue weighted by atomic mass is 9.55. The topological polar surface area (TPSA) is 66.5 Å². The van der Waals surface area contributed by atoms with E-state index in [1.54, 1.807) is 0 Å². The van der Waals surface area contributed by atoms with E-state index in [0.29, 0.717) is 23.4 Å². The molecule has 3 aliphatic carbocycles. The van der Waals surface area contributed by atoms with Crippen molar-refractivity contribution in [2.24, 2.45) is 17.3 Å². The van der Waals surface area contributed by atoms with E-state index in [2.05, 4.69) is 6.92 Å². The first kappa shape index (κ1) is 13.4. The molecule has 2 saturated carbocycles. The first-order valence-electron chi connectivity index (χ1n) is 8.30. The summed E-state index contributed by atoms with van der Waals surface area (Å²) in [5.41, 5.74) is 9.21. The smallest absolute Gasteiger partial charge is 0.138 e. The van der Waals surface area contributed by atoms with Gasteiger partial charge in [0.25, 0.3) is 0 Å². The van der Waals surface area contributed by atoms with E-state index in [0.717, 1.165) is 25.7 Å². The van der Waals surface area contributed by atoms with Crippen LogP contribution in [0.4, 0.5) is 5.69 Å². The van der Waals surface area contributed by atoms with Crippen LogP contribution >= 0.6 is 0 Å². The van der Waals surface area contributed by atoms with E-state index < -0.39 is 0 Å². The van der Waals surface area contributed by atoms with Crippen LogP contribution in [-0.2, 0) is 6.42 Å². The largest absolute Gasteiger partial charge is 0.506 e. The highest BCUT2D eigenvalue weighted by atomic mass is 16.3. The van der Waals surface area contributed by atoms with Crippen molar-refractivity contribution >= 4 is 5.69 Å². The summed E-state index contributed by atoms with van der Waals surface area (Å²) in [5, 5.41) is 20.2. The highest BCUT2D eigenvalue weighted by Crippen LogP contribution is 2.61. The number of hydrogen-bond acceptors (Lipinski definition) is 3. The molecule has 0 amide bonds. The molecule has 0 unspecified atom stereocenters. The monoisotopic (exact) mass is 287 g/mol. The van der Waals surface area contributed by atoms with E-state index >= 15 is 0 Å². The fourth-order valence-electron chi connectivity index (χ4n) is 5.60. The maximum absolute atomic E-state index is 10.4. The summed E-state index contributed by atoms with van der Waals surface area (Å²) in [6.45, 7) is 2.30. The summed E-state index contributed by atoms with van der Waals surface area (Å²) in [6.07, 6.45) is 6.50. The maximum atomic E-state index is 10.4. The number of fused-ring (bicyclic) bond motifs is 5. The number of hydrogen-bond donors (Lipinski definition) is 3. The molecule has 3 heteroatoms. The lowest BCUT2D eigenvalue weighted by Crippen LogP contribution is -2.43. The Morgan fingerprint density at radius 3 is 2.81 bits per heavy atom. The third-order valence-electron chi connectivity index (χ3n) is 6.82. The van der Waals surface area contributed by atoms with Crippen molar-refractivity contribution in [1.82, 2.24) is 0 Å². The van der Waals surface area contributed by atoms with Crippen molar-refractivity contribution in [2.45, 2.75) is 57.5 Å². The minimum atomic E-state index is -0.116. The van der Waals surface area contributed by atoms with Crippen LogP contribution in [0.1, 0.15) is 56.1 Å². The van der Waals surface area contributed by atoms with Crippen LogP contribution in [0.15, 0.2) is 12.1 Å². The fraction of sp³-hybridized carbons (Fsp3) is 0.667. The molecule has 2 fully saturated rings. The Morgan fingerprint density at radius 2 is 2.00 bits per heavy atom. The van der Waals surface area contributed by atoms with Crippen LogP contribution in [0.3, 0.4) is 0 Å². The molecule has 0 aromatic heterocycles. The lowest BCUT2D eigenvalue weighted by Gasteiger charge is -2.50. The van der Waals surface area contributed by atoms with Crippen LogP contribution < -0.4 is 5.73 Å². The minimum Gasteiger partial charge on any atom is -0.506 e. The lowest BCUT2D eigenvalue weighted by molar-refractivity contribution is -0.0226. The van der Waals surface area contributed by atoms with Crippen LogP contribution in [0.5, 0.6) is 5.75 Å². The maximum Gasteiger partial charge on any atom is 0.138 e. The highest BCUT2D eigenvalue weighted by Gasteiger charge is 2.54. The summed E-state index contributed by atoms with van der Waals surface area (Å²) in [5.74, 6) is 2.12. The molecule has 0 bridgehead atoms. The van der Waals surface area contributed by atoms with Gasteiger partial charge < -0.3 is 15.9 Å². The van der Waals surface area contributed by atoms with Gasteiger partial charge in [0.1, 0.15) is 5.75 Å². The molecule has 114 valence electrons. The van der Waals surface area contributed by atoms with Crippen molar-refractivity contribution < 1.29 is 10.2 Å². The summed E-state index contributed by atoms with van der Waals surface area (Å²) >= 11 is 0. The van der Waals surface area contributed by atoms with Gasteiger partial charge in [-0.15, -0.1) is 0 Å². The van der Waals surface area contributed by atoms with Crippen LogP contribution in [0.2, 0.25) is 0 Å². The number of aryl methyl sites for hydroxylation is 1. The summed E-state index contributed by atoms with van der Waals surface area (Å²) in [6, 6.07) is 3.88. The first-order chi connectivity index (χ1) is 10.0. The predicted molar refractivity (Wildman–Crippen MR) is 83.1 cm³/mol. The van der Waals surface area contributed by atoms with E-state index in [1.165, 1.54) is 24.0 Å². The van der Waals surface area contributed by atoms with Crippen LogP contribution in [-0.4, -0.2) is 16.3 Å². The SMILES string of the molecule is C[C@@]12CC[C@H]3c4cc(N)c(O)cc4CC[C@@H]3[C@@H]1CC[C@@H]2O. The molecule has 0 heterocycles. The third kappa shape index (κ3) is 1.76. The molecule has 0 spiro atoms. The Balaban J connectivity index is 1.73. The average molecular weight is 287 g/mol. The zero-order valence-electron chi connectivity index (χ0n) is 12.7. The second-order valence-corrected chi connectivity index (χ2v) is 7.66. The molecule has 0 saturated heterocycles. The van der Waals surface area contributed by atoms with Crippen molar-refractivity contribution in [3.63, 3.8) is 0 Å². The van der Waals surface area contributed by atoms with Gasteiger partial charge in [-0.25, -0.2) is 0 Å². The quantitative estimate of drug-likeness (QED) is 0.507. The normalized spacial score (nSPS) is 41.2. The Kier molecular flexibility index (Phi) is 2.81. The van der Waals surface area contributed by atoms with Gasteiger partial charge in [-0.05, 0) is 85.0 Å². The Bertz CT molecular complexity index is 585. The van der Waals surface area contributed by atoms with E-state index in [9.17, 15) is 10.2 Å². The van der Waals surface area contributed by atoms with Gasteiger partial charge in [-0.1, -0.05) is 6.92 Å². The molecular weight excluding hydrogens is 262 g/mol. The second kappa shape index (κ2) is 4.39. The summed E-state index contributed by atoms with van der Waals surface area (Å²) in [4.78, 5) is 0. The number of aliphatic hydroxyl groups is 1. The molecule has 0 aliphatic heterocycles. The zero-order chi connectivity index (χ0) is 14.8. The average Bonchev–Trinajstić information content (AvgIpc) is 2.76. The molecule has 5 atom stereocenters. The van der Waals surface area contributed by atoms with Gasteiger partial charge >= 0.3 is 0 Å². The standard InChI is InChI=1S/C18H25NO2/c1-18-7-6-11-12(14(18)4-5-17(18)21)3-2-10-8-16(20)15(19)9-13(10)11/h8-9,11-12,14,17,20-21H,2-7,19H2,1H3/t11-,12+,14+,17+,18-/m1/s1. The summed E-state index contributed by atoms with van der Waals surface area (Å²) in [7, 11) is 0. The number of phenolic OH excluding ortho intramolecular Hbond substituents is 1. The van der Waals surface area contributed by atoms with Crippen molar-refractivity contribution in [1.29, 1.82) is 0 Å². The van der Waals surface area contributed by atoms with E-state index in [1.807, 2.05) is 12.1 Å². The third-order valence-corrected chi connectivity index (χ3v) is 6.82. The zero-order valence-corrected chi connectivity index (χ0v) is 12.7. The molecule has 3 nitrogen and oxygen atoms in total. The molecule has 21 heavy (non-hydrogen) atoms.